The van der Waals surface area contributed by atoms with Crippen LogP contribution in [0, 0.1) is 6.92 Å². The summed E-state index contributed by atoms with van der Waals surface area (Å²) in [5.74, 6) is -0.393. The van der Waals surface area contributed by atoms with Gasteiger partial charge in [0.05, 0.1) is 18.7 Å². The minimum Gasteiger partial charge on any atom is -0.507 e. The van der Waals surface area contributed by atoms with E-state index in [1.54, 1.807) is 74.1 Å². The average molecular weight is 471 g/mol. The second kappa shape index (κ2) is 10.3. The molecule has 0 aliphatic carbocycles. The van der Waals surface area contributed by atoms with Crippen LogP contribution in [0.25, 0.3) is 5.76 Å². The number of rotatable bonds is 8. The third-order valence-electron chi connectivity index (χ3n) is 5.87. The van der Waals surface area contributed by atoms with Gasteiger partial charge in [0.25, 0.3) is 11.7 Å². The summed E-state index contributed by atoms with van der Waals surface area (Å²) in [7, 11) is 1.56. The van der Waals surface area contributed by atoms with E-state index >= 15 is 0 Å². The number of aliphatic hydroxyl groups is 1. The first-order valence-electron chi connectivity index (χ1n) is 11.1. The zero-order valence-corrected chi connectivity index (χ0v) is 19.6. The van der Waals surface area contributed by atoms with Gasteiger partial charge in [-0.2, -0.15) is 0 Å². The molecule has 1 saturated heterocycles. The molecule has 0 saturated carbocycles. The molecule has 178 valence electrons. The molecule has 1 aliphatic rings. The summed E-state index contributed by atoms with van der Waals surface area (Å²) in [6.07, 6.45) is 4.93. The van der Waals surface area contributed by atoms with Crippen molar-refractivity contribution < 1.29 is 24.2 Å². The molecule has 1 atom stereocenters. The first kappa shape index (κ1) is 23.8. The summed E-state index contributed by atoms with van der Waals surface area (Å²) in [5, 5.41) is 11.4. The summed E-state index contributed by atoms with van der Waals surface area (Å²) < 4.78 is 10.8. The molecule has 1 amide bonds. The van der Waals surface area contributed by atoms with E-state index in [-0.39, 0.29) is 17.9 Å². The highest BCUT2D eigenvalue weighted by atomic mass is 16.5. The molecule has 7 heteroatoms. The summed E-state index contributed by atoms with van der Waals surface area (Å²) >= 11 is 0. The van der Waals surface area contributed by atoms with Crippen LogP contribution in [-0.2, 0) is 16.1 Å². The van der Waals surface area contributed by atoms with Gasteiger partial charge in [0.2, 0.25) is 0 Å². The molecule has 1 N–H and O–H groups in total. The lowest BCUT2D eigenvalue weighted by molar-refractivity contribution is -0.140. The predicted molar refractivity (Wildman–Crippen MR) is 132 cm³/mol. The Balaban J connectivity index is 1.82. The number of pyridine rings is 1. The smallest absolute Gasteiger partial charge is 0.295 e. The average Bonchev–Trinajstić information content (AvgIpc) is 3.12. The number of likely N-dealkylation sites (tertiary alicyclic amines) is 1. The largest absolute Gasteiger partial charge is 0.507 e. The zero-order chi connectivity index (χ0) is 24.9. The first-order chi connectivity index (χ1) is 16.9. The van der Waals surface area contributed by atoms with E-state index in [4.69, 9.17) is 9.47 Å². The quantitative estimate of drug-likeness (QED) is 0.224. The van der Waals surface area contributed by atoms with Gasteiger partial charge in [0, 0.05) is 24.5 Å². The summed E-state index contributed by atoms with van der Waals surface area (Å²) in [5.41, 5.74) is 2.64. The second-order valence-corrected chi connectivity index (χ2v) is 8.14. The van der Waals surface area contributed by atoms with Crippen LogP contribution >= 0.6 is 0 Å². The van der Waals surface area contributed by atoms with Crippen molar-refractivity contribution in [3.05, 3.63) is 107 Å². The minimum atomic E-state index is -0.780. The van der Waals surface area contributed by atoms with Crippen molar-refractivity contribution in [2.45, 2.75) is 19.5 Å². The Kier molecular flexibility index (Phi) is 6.96. The molecule has 7 nitrogen and oxygen atoms in total. The van der Waals surface area contributed by atoms with Crippen molar-refractivity contribution in [1.29, 1.82) is 0 Å². The molecule has 1 fully saturated rings. The summed E-state index contributed by atoms with van der Waals surface area (Å²) in [4.78, 5) is 32.0. The van der Waals surface area contributed by atoms with Crippen molar-refractivity contribution in [3.63, 3.8) is 0 Å². The fraction of sp³-hybridized carbons (Fsp3) is 0.179. The number of carbonyl (C=O) groups excluding carboxylic acids is 2. The van der Waals surface area contributed by atoms with Gasteiger partial charge in [0.15, 0.2) is 0 Å². The molecule has 4 rings (SSSR count). The minimum absolute atomic E-state index is 0.0342. The zero-order valence-electron chi connectivity index (χ0n) is 19.6. The summed E-state index contributed by atoms with van der Waals surface area (Å²) in [6, 6.07) is 15.1. The fourth-order valence-electron chi connectivity index (χ4n) is 4.16. The van der Waals surface area contributed by atoms with Crippen LogP contribution in [0.15, 0.2) is 85.2 Å². The predicted octanol–water partition coefficient (Wildman–Crippen LogP) is 4.59. The highest BCUT2D eigenvalue weighted by Gasteiger charge is 2.46. The Morgan fingerprint density at radius 2 is 1.89 bits per heavy atom. The molecular formula is C28H26N2O5. The van der Waals surface area contributed by atoms with E-state index in [2.05, 4.69) is 11.6 Å². The molecule has 0 spiro atoms. The van der Waals surface area contributed by atoms with Crippen LogP contribution in [0.1, 0.15) is 28.3 Å². The number of hydrogen-bond acceptors (Lipinski definition) is 6. The normalized spacial score (nSPS) is 16.9. The van der Waals surface area contributed by atoms with Crippen molar-refractivity contribution >= 4 is 17.4 Å². The lowest BCUT2D eigenvalue weighted by Crippen LogP contribution is -2.29. The molecule has 1 aliphatic heterocycles. The number of methoxy groups -OCH3 is 1. The highest BCUT2D eigenvalue weighted by Crippen LogP contribution is 2.41. The number of Topliss-reactive ketones (excluding diaryl/α,β-unsaturated/α-hetero) is 1. The second-order valence-electron chi connectivity index (χ2n) is 8.14. The molecule has 0 bridgehead atoms. The van der Waals surface area contributed by atoms with E-state index in [9.17, 15) is 14.7 Å². The van der Waals surface area contributed by atoms with E-state index < -0.39 is 17.7 Å². The van der Waals surface area contributed by atoms with Gasteiger partial charge in [-0.1, -0.05) is 30.9 Å². The molecule has 1 aromatic heterocycles. The summed E-state index contributed by atoms with van der Waals surface area (Å²) in [6.45, 7) is 5.96. The number of aryl methyl sites for hydroxylation is 1. The van der Waals surface area contributed by atoms with Crippen LogP contribution in [-0.4, -0.2) is 40.4 Å². The number of benzene rings is 2. The van der Waals surface area contributed by atoms with Crippen molar-refractivity contribution in [2.75, 3.05) is 13.7 Å². The van der Waals surface area contributed by atoms with Crippen LogP contribution < -0.4 is 9.47 Å². The van der Waals surface area contributed by atoms with Gasteiger partial charge in [0.1, 0.15) is 23.9 Å². The molecule has 3 aromatic rings. The third-order valence-corrected chi connectivity index (χ3v) is 5.87. The molecular weight excluding hydrogens is 444 g/mol. The van der Waals surface area contributed by atoms with Crippen LogP contribution in [0.2, 0.25) is 0 Å². The number of ketones is 1. The number of aliphatic hydroxyl groups excluding tert-OH is 1. The molecule has 0 radical (unpaired) electrons. The standard InChI is InChI=1S/C28H26N2O5/c1-4-14-35-22-11-12-23(18(2)15-22)26(31)24-25(20-7-9-21(34-3)10-8-20)30(28(33)27(24)32)17-19-6-5-13-29-16-19/h4-13,15-16,25,31H,1,14,17H2,2-3H3/t25-/m1/s1. The van der Waals surface area contributed by atoms with E-state index in [0.29, 0.717) is 34.8 Å². The topological polar surface area (TPSA) is 89.0 Å². The maximum Gasteiger partial charge on any atom is 0.295 e. The Bertz CT molecular complexity index is 1280. The van der Waals surface area contributed by atoms with Crippen LogP contribution in [0.5, 0.6) is 11.5 Å². The molecule has 0 unspecified atom stereocenters. The molecule has 2 aromatic carbocycles. The number of hydrogen-bond donors (Lipinski definition) is 1. The van der Waals surface area contributed by atoms with Gasteiger partial charge in [-0.05, 0) is 60.0 Å². The van der Waals surface area contributed by atoms with Crippen molar-refractivity contribution in [1.82, 2.24) is 9.88 Å². The van der Waals surface area contributed by atoms with E-state index in [1.807, 2.05) is 13.0 Å². The first-order valence-corrected chi connectivity index (χ1v) is 11.1. The Labute approximate surface area is 203 Å². The Morgan fingerprint density at radius 1 is 1.14 bits per heavy atom. The van der Waals surface area contributed by atoms with Gasteiger partial charge in [-0.15, -0.1) is 0 Å². The maximum absolute atomic E-state index is 13.3. The number of carbonyl (C=O) groups is 2. The maximum atomic E-state index is 13.3. The van der Waals surface area contributed by atoms with Crippen molar-refractivity contribution in [3.8, 4) is 11.5 Å². The monoisotopic (exact) mass is 470 g/mol. The fourth-order valence-corrected chi connectivity index (χ4v) is 4.16. The van der Waals surface area contributed by atoms with Crippen LogP contribution in [0.4, 0.5) is 0 Å². The third kappa shape index (κ3) is 4.80. The van der Waals surface area contributed by atoms with Crippen LogP contribution in [0.3, 0.4) is 0 Å². The van der Waals surface area contributed by atoms with Gasteiger partial charge < -0.3 is 19.5 Å². The van der Waals surface area contributed by atoms with E-state index in [0.717, 1.165) is 5.56 Å². The molecule has 35 heavy (non-hydrogen) atoms. The van der Waals surface area contributed by atoms with Gasteiger partial charge in [-0.3, -0.25) is 14.6 Å². The lowest BCUT2D eigenvalue weighted by Gasteiger charge is -2.25. The Hall–Kier alpha value is -4.39. The number of amides is 1. The van der Waals surface area contributed by atoms with E-state index in [1.165, 1.54) is 4.90 Å². The highest BCUT2D eigenvalue weighted by molar-refractivity contribution is 6.46. The van der Waals surface area contributed by atoms with Gasteiger partial charge >= 0.3 is 0 Å². The van der Waals surface area contributed by atoms with Gasteiger partial charge in [-0.25, -0.2) is 0 Å². The number of ether oxygens (including phenoxy) is 2. The number of nitrogens with zero attached hydrogens (tertiary/aromatic N) is 2. The number of aromatic nitrogens is 1. The lowest BCUT2D eigenvalue weighted by atomic mass is 9.93. The SMILES string of the molecule is C=CCOc1ccc(C(O)=C2C(=O)C(=O)N(Cc3cccnc3)[C@@H]2c2ccc(OC)cc2)c(C)c1. The Morgan fingerprint density at radius 3 is 2.51 bits per heavy atom. The molecule has 2 heterocycles. The van der Waals surface area contributed by atoms with Crippen molar-refractivity contribution in [2.24, 2.45) is 0 Å².